The van der Waals surface area contributed by atoms with E-state index in [4.69, 9.17) is 10.4 Å². The molecule has 2 radical (unpaired) electrons. The van der Waals surface area contributed by atoms with E-state index >= 15 is 0 Å². The third-order valence-corrected chi connectivity index (χ3v) is 0. The van der Waals surface area contributed by atoms with Crippen LogP contribution in [0, 0.1) is 11.5 Å². The topological polar surface area (TPSA) is 44.0 Å². The van der Waals surface area contributed by atoms with Crippen molar-refractivity contribution in [3.63, 3.8) is 0 Å². The van der Waals surface area contributed by atoms with E-state index in [1.165, 1.54) is 0 Å². The van der Waals surface area contributed by atoms with Crippen molar-refractivity contribution < 1.29 is 5.11 Å². The molecule has 0 aromatic heterocycles. The van der Waals surface area contributed by atoms with Gasteiger partial charge in [-0.15, -0.1) is 0 Å². The normalized spacial score (nSPS) is 1.75. The van der Waals surface area contributed by atoms with Crippen molar-refractivity contribution in [2.75, 3.05) is 0 Å². The molecule has 22 valence electrons. The van der Waals surface area contributed by atoms with Gasteiger partial charge >= 0.3 is 27.3 Å². The second-order valence-corrected chi connectivity index (χ2v) is 0.100. The van der Waals surface area contributed by atoms with Crippen LogP contribution in [0.4, 0.5) is 0 Å². The van der Waals surface area contributed by atoms with Crippen molar-refractivity contribution in [1.82, 2.24) is 0 Å². The number of nitrogens with zero attached hydrogens (tertiary/aromatic N) is 1. The third kappa shape index (κ3) is 72.3. The van der Waals surface area contributed by atoms with E-state index in [9.17, 15) is 0 Å². The molecule has 0 saturated carbocycles. The molecule has 2 nitrogen and oxygen atoms in total. The summed E-state index contributed by atoms with van der Waals surface area (Å²) in [5.74, 6) is 0. The maximum atomic E-state index is 6.88. The van der Waals surface area contributed by atoms with Crippen LogP contribution in [-0.4, -0.2) is 32.4 Å². The summed E-state index contributed by atoms with van der Waals surface area (Å²) >= 11 is 0. The Bertz CT molecular complexity index is 29.5. The van der Waals surface area contributed by atoms with E-state index in [0.29, 0.717) is 0 Å². The van der Waals surface area contributed by atoms with Crippen molar-refractivity contribution in [3.05, 3.63) is 0 Å². The van der Waals surface area contributed by atoms with Gasteiger partial charge in [0.15, 0.2) is 0 Å². The third-order valence-electron chi connectivity index (χ3n) is 0. The zero-order chi connectivity index (χ0) is 2.71. The first-order valence-corrected chi connectivity index (χ1v) is 0.447. The molecule has 0 fully saturated rings. The van der Waals surface area contributed by atoms with Crippen LogP contribution < -0.4 is 0 Å². The molecule has 0 bridgehead atoms. The van der Waals surface area contributed by atoms with Gasteiger partial charge < -0.3 is 5.11 Å². The zero-order valence-corrected chi connectivity index (χ0v) is 7.60. The average Bonchev–Trinajstić information content (AvgIpc) is 0.918. The van der Waals surface area contributed by atoms with Crippen LogP contribution in [-0.2, 0) is 0 Å². The second-order valence-electron chi connectivity index (χ2n) is 0.100. The van der Waals surface area contributed by atoms with Gasteiger partial charge in [-0.1, -0.05) is 0 Å². The van der Waals surface area contributed by atoms with Gasteiger partial charge in [-0.2, -0.15) is 5.26 Å². The van der Waals surface area contributed by atoms with Gasteiger partial charge in [0.1, 0.15) is 0 Å². The summed E-state index contributed by atoms with van der Waals surface area (Å²) < 4.78 is 0. The van der Waals surface area contributed by atoms with Crippen molar-refractivity contribution in [3.8, 4) is 6.26 Å². The standard InChI is InChI=1S/CHNO.Pb.2H/c2-1-3;;;/h3H;;;. The van der Waals surface area contributed by atoms with Crippen molar-refractivity contribution >= 4 is 27.3 Å². The molecule has 4 heavy (non-hydrogen) atoms. The van der Waals surface area contributed by atoms with Gasteiger partial charge in [0.25, 0.3) is 6.26 Å². The monoisotopic (exact) mass is 253 g/mol. The first kappa shape index (κ1) is 8.88. The molecule has 0 aromatic rings. The van der Waals surface area contributed by atoms with Crippen LogP contribution in [0.25, 0.3) is 0 Å². The Kier molecular flexibility index (Phi) is 23.8. The summed E-state index contributed by atoms with van der Waals surface area (Å²) in [6.07, 6.45) is 0.750. The van der Waals surface area contributed by atoms with E-state index in [0.717, 1.165) is 6.26 Å². The Morgan fingerprint density at radius 2 is 1.75 bits per heavy atom. The molecule has 3 heteroatoms. The molecule has 0 aliphatic rings. The minimum atomic E-state index is 0. The van der Waals surface area contributed by atoms with E-state index in [1.807, 2.05) is 0 Å². The van der Waals surface area contributed by atoms with Crippen molar-refractivity contribution in [2.24, 2.45) is 0 Å². The SMILES string of the molecule is N#CO.[PbH2]. The summed E-state index contributed by atoms with van der Waals surface area (Å²) in [5, 5.41) is 13.8. The van der Waals surface area contributed by atoms with Gasteiger partial charge in [-0.3, -0.25) is 0 Å². The van der Waals surface area contributed by atoms with Crippen LogP contribution in [0.5, 0.6) is 0 Å². The number of hydrogen-bond acceptors (Lipinski definition) is 2. The van der Waals surface area contributed by atoms with Crippen LogP contribution in [0.15, 0.2) is 0 Å². The number of rotatable bonds is 0. The molecule has 1 N–H and O–H groups in total. The quantitative estimate of drug-likeness (QED) is 0.440. The number of hydrogen-bond donors (Lipinski definition) is 1. The Labute approximate surface area is 44.2 Å². The van der Waals surface area contributed by atoms with E-state index in [1.54, 1.807) is 0 Å². The molecular weight excluding hydrogens is 249 g/mol. The molecule has 0 spiro atoms. The van der Waals surface area contributed by atoms with Gasteiger partial charge in [-0.05, 0) is 0 Å². The number of aliphatic hydroxyl groups is 1. The molecule has 0 aliphatic carbocycles. The molecule has 0 unspecified atom stereocenters. The Balaban J connectivity index is 0. The first-order valence-electron chi connectivity index (χ1n) is 0.447. The Morgan fingerprint density at radius 3 is 1.75 bits per heavy atom. The summed E-state index contributed by atoms with van der Waals surface area (Å²) in [6.45, 7) is 0. The molecule has 0 saturated heterocycles. The van der Waals surface area contributed by atoms with Crippen LogP contribution in [0.2, 0.25) is 0 Å². The molecule has 0 amide bonds. The number of nitriles is 1. The minimum absolute atomic E-state index is 0. The number of aliphatic hydroxyl groups excluding tert-OH is 1. The molecule has 0 aliphatic heterocycles. The molecule has 0 aromatic carbocycles. The van der Waals surface area contributed by atoms with Crippen molar-refractivity contribution in [1.29, 1.82) is 5.26 Å². The Morgan fingerprint density at radius 1 is 1.75 bits per heavy atom. The van der Waals surface area contributed by atoms with Gasteiger partial charge in [0.2, 0.25) is 0 Å². The fourth-order valence-electron chi connectivity index (χ4n) is 0. The van der Waals surface area contributed by atoms with E-state index in [2.05, 4.69) is 0 Å². The van der Waals surface area contributed by atoms with Crippen LogP contribution >= 0.6 is 0 Å². The fraction of sp³-hybridized carbons (Fsp3) is 0. The van der Waals surface area contributed by atoms with Gasteiger partial charge in [0, 0.05) is 0 Å². The van der Waals surface area contributed by atoms with Crippen LogP contribution in [0.1, 0.15) is 0 Å². The van der Waals surface area contributed by atoms with Gasteiger partial charge in [0.05, 0.1) is 0 Å². The van der Waals surface area contributed by atoms with Crippen LogP contribution in [0.3, 0.4) is 0 Å². The molecular formula is CH3NOPb. The van der Waals surface area contributed by atoms with E-state index < -0.39 is 0 Å². The second kappa shape index (κ2) is 10.7. The first-order chi connectivity index (χ1) is 1.41. The molecule has 0 atom stereocenters. The summed E-state index contributed by atoms with van der Waals surface area (Å²) in [5.41, 5.74) is 0. The average molecular weight is 252 g/mol. The zero-order valence-electron chi connectivity index (χ0n) is 2.10. The summed E-state index contributed by atoms with van der Waals surface area (Å²) in [4.78, 5) is 0. The molecule has 0 heterocycles. The molecule has 0 rings (SSSR count). The summed E-state index contributed by atoms with van der Waals surface area (Å²) in [6, 6.07) is 0. The Hall–Kier alpha value is 0.212. The summed E-state index contributed by atoms with van der Waals surface area (Å²) in [7, 11) is 0. The van der Waals surface area contributed by atoms with E-state index in [-0.39, 0.29) is 27.3 Å². The fourth-order valence-corrected chi connectivity index (χ4v) is 0. The van der Waals surface area contributed by atoms with Gasteiger partial charge in [-0.25, -0.2) is 0 Å². The van der Waals surface area contributed by atoms with Crippen molar-refractivity contribution in [2.45, 2.75) is 0 Å². The maximum absolute atomic E-state index is 6.88. The predicted molar refractivity (Wildman–Crippen MR) is 16.1 cm³/mol. The predicted octanol–water partition coefficient (Wildman–Crippen LogP) is -1.08.